The summed E-state index contributed by atoms with van der Waals surface area (Å²) in [6.07, 6.45) is 4.69. The van der Waals surface area contributed by atoms with E-state index in [0.29, 0.717) is 13.1 Å². The maximum absolute atomic E-state index is 12.3. The highest BCUT2D eigenvalue weighted by atomic mass is 32.2. The largest absolute Gasteiger partial charge is 0.497 e. The number of benzene rings is 3. The third-order valence-corrected chi connectivity index (χ3v) is 7.83. The molecule has 0 unspecified atom stereocenters. The van der Waals surface area contributed by atoms with Gasteiger partial charge in [0.15, 0.2) is 0 Å². The second-order valence-electron chi connectivity index (χ2n) is 9.23. The normalized spacial score (nSPS) is 13.6. The van der Waals surface area contributed by atoms with Gasteiger partial charge >= 0.3 is 0 Å². The van der Waals surface area contributed by atoms with Gasteiger partial charge in [-0.1, -0.05) is 24.3 Å². The molecule has 0 amide bonds. The van der Waals surface area contributed by atoms with E-state index in [1.807, 2.05) is 48.5 Å². The maximum Gasteiger partial charge on any atom is 0.211 e. The lowest BCUT2D eigenvalue weighted by Crippen LogP contribution is -2.31. The van der Waals surface area contributed by atoms with E-state index in [0.717, 1.165) is 63.3 Å². The van der Waals surface area contributed by atoms with Crippen molar-refractivity contribution in [1.29, 1.82) is 0 Å². The van der Waals surface area contributed by atoms with Crippen LogP contribution in [0, 0.1) is 0 Å². The highest BCUT2D eigenvalue weighted by Gasteiger charge is 2.34. The summed E-state index contributed by atoms with van der Waals surface area (Å²) in [5.41, 5.74) is 4.78. The van der Waals surface area contributed by atoms with Crippen molar-refractivity contribution in [3.8, 4) is 22.6 Å². The summed E-state index contributed by atoms with van der Waals surface area (Å²) in [4.78, 5) is 8.93. The SMILES string of the molecule is COc1ccc(CNc2ncnc3ccc(-c4cccc(CN(C5CC5)S(C)(=O)=O)c4)cc23)c(OC)c1. The second-order valence-corrected chi connectivity index (χ2v) is 11.2. The minimum absolute atomic E-state index is 0.120. The van der Waals surface area contributed by atoms with E-state index < -0.39 is 10.0 Å². The van der Waals surface area contributed by atoms with Crippen LogP contribution in [0.25, 0.3) is 22.0 Å². The zero-order valence-electron chi connectivity index (χ0n) is 21.1. The monoisotopic (exact) mass is 518 g/mol. The van der Waals surface area contributed by atoms with E-state index in [1.54, 1.807) is 24.9 Å². The molecule has 0 spiro atoms. The number of anilines is 1. The van der Waals surface area contributed by atoms with Gasteiger partial charge in [0.1, 0.15) is 23.6 Å². The molecular formula is C28H30N4O4S. The topological polar surface area (TPSA) is 93.6 Å². The van der Waals surface area contributed by atoms with E-state index in [-0.39, 0.29) is 6.04 Å². The molecule has 1 heterocycles. The zero-order chi connectivity index (χ0) is 26.0. The van der Waals surface area contributed by atoms with Crippen molar-refractivity contribution in [1.82, 2.24) is 14.3 Å². The third kappa shape index (κ3) is 5.68. The number of sulfonamides is 1. The van der Waals surface area contributed by atoms with Gasteiger partial charge in [0.25, 0.3) is 0 Å². The first-order valence-corrected chi connectivity index (χ1v) is 14.0. The van der Waals surface area contributed by atoms with Crippen molar-refractivity contribution in [3.05, 3.63) is 78.1 Å². The lowest BCUT2D eigenvalue weighted by molar-refractivity contribution is 0.391. The van der Waals surface area contributed by atoms with Crippen molar-refractivity contribution in [2.45, 2.75) is 32.0 Å². The molecule has 0 bridgehead atoms. The Labute approximate surface area is 217 Å². The number of aromatic nitrogens is 2. The van der Waals surface area contributed by atoms with Crippen LogP contribution in [0.5, 0.6) is 11.5 Å². The van der Waals surface area contributed by atoms with E-state index >= 15 is 0 Å². The first-order chi connectivity index (χ1) is 17.9. The molecule has 4 aromatic rings. The Hall–Kier alpha value is -3.69. The molecule has 0 atom stereocenters. The molecule has 8 nitrogen and oxygen atoms in total. The molecule has 9 heteroatoms. The molecule has 5 rings (SSSR count). The van der Waals surface area contributed by atoms with Crippen molar-refractivity contribution in [3.63, 3.8) is 0 Å². The van der Waals surface area contributed by atoms with Crippen LogP contribution in [0.2, 0.25) is 0 Å². The molecular weight excluding hydrogens is 488 g/mol. The molecule has 1 N–H and O–H groups in total. The fourth-order valence-electron chi connectivity index (χ4n) is 4.46. The Morgan fingerprint density at radius 3 is 2.51 bits per heavy atom. The summed E-state index contributed by atoms with van der Waals surface area (Å²) in [5.74, 6) is 2.19. The van der Waals surface area contributed by atoms with Gasteiger partial charge in [-0.15, -0.1) is 0 Å². The third-order valence-electron chi connectivity index (χ3n) is 6.55. The molecule has 1 aromatic heterocycles. The summed E-state index contributed by atoms with van der Waals surface area (Å²) in [6, 6.07) is 19.9. The lowest BCUT2D eigenvalue weighted by Gasteiger charge is -2.20. The number of methoxy groups -OCH3 is 2. The summed E-state index contributed by atoms with van der Waals surface area (Å²) in [5, 5.41) is 4.32. The number of nitrogens with one attached hydrogen (secondary N) is 1. The smallest absolute Gasteiger partial charge is 0.211 e. The lowest BCUT2D eigenvalue weighted by atomic mass is 10.0. The van der Waals surface area contributed by atoms with Gasteiger partial charge in [0.05, 0.1) is 26.0 Å². The second kappa shape index (κ2) is 10.4. The Morgan fingerprint density at radius 1 is 0.973 bits per heavy atom. The summed E-state index contributed by atoms with van der Waals surface area (Å²) in [6.45, 7) is 0.895. The minimum atomic E-state index is -3.26. The summed E-state index contributed by atoms with van der Waals surface area (Å²) in [7, 11) is 0.00675. The van der Waals surface area contributed by atoms with Crippen LogP contribution in [-0.2, 0) is 23.1 Å². The molecule has 0 aliphatic heterocycles. The molecule has 1 fully saturated rings. The van der Waals surface area contributed by atoms with Crippen LogP contribution in [0.3, 0.4) is 0 Å². The van der Waals surface area contributed by atoms with Crippen LogP contribution in [0.4, 0.5) is 5.82 Å². The van der Waals surface area contributed by atoms with Gasteiger partial charge < -0.3 is 14.8 Å². The fraction of sp³-hybridized carbons (Fsp3) is 0.286. The fourth-order valence-corrected chi connectivity index (χ4v) is 5.60. The molecule has 1 aliphatic carbocycles. The molecule has 1 saturated carbocycles. The van der Waals surface area contributed by atoms with Crippen molar-refractivity contribution in [2.75, 3.05) is 25.8 Å². The maximum atomic E-state index is 12.3. The summed E-state index contributed by atoms with van der Waals surface area (Å²) >= 11 is 0. The number of fused-ring (bicyclic) bond motifs is 1. The number of rotatable bonds is 10. The quantitative estimate of drug-likeness (QED) is 0.321. The van der Waals surface area contributed by atoms with E-state index in [4.69, 9.17) is 9.47 Å². The number of ether oxygens (including phenoxy) is 2. The van der Waals surface area contributed by atoms with Gasteiger partial charge in [0, 0.05) is 36.1 Å². The first-order valence-electron chi connectivity index (χ1n) is 12.1. The molecule has 0 radical (unpaired) electrons. The van der Waals surface area contributed by atoms with Gasteiger partial charge in [-0.25, -0.2) is 18.4 Å². The van der Waals surface area contributed by atoms with Crippen LogP contribution in [0.1, 0.15) is 24.0 Å². The van der Waals surface area contributed by atoms with Gasteiger partial charge in [-0.2, -0.15) is 4.31 Å². The number of hydrogen-bond acceptors (Lipinski definition) is 7. The average molecular weight is 519 g/mol. The van der Waals surface area contributed by atoms with Gasteiger partial charge in [-0.3, -0.25) is 0 Å². The van der Waals surface area contributed by atoms with E-state index in [1.165, 1.54) is 6.26 Å². The predicted molar refractivity (Wildman–Crippen MR) is 145 cm³/mol. The van der Waals surface area contributed by atoms with E-state index in [2.05, 4.69) is 27.4 Å². The van der Waals surface area contributed by atoms with Gasteiger partial charge in [0.2, 0.25) is 10.0 Å². The number of hydrogen-bond donors (Lipinski definition) is 1. The average Bonchev–Trinajstić information content (AvgIpc) is 3.75. The predicted octanol–water partition coefficient (Wildman–Crippen LogP) is 4.85. The minimum Gasteiger partial charge on any atom is -0.497 e. The molecule has 37 heavy (non-hydrogen) atoms. The van der Waals surface area contributed by atoms with E-state index in [9.17, 15) is 8.42 Å². The van der Waals surface area contributed by atoms with Crippen LogP contribution >= 0.6 is 0 Å². The highest BCUT2D eigenvalue weighted by molar-refractivity contribution is 7.88. The van der Waals surface area contributed by atoms with Crippen LogP contribution in [-0.4, -0.2) is 49.2 Å². The Bertz CT molecular complexity index is 1540. The van der Waals surface area contributed by atoms with Gasteiger partial charge in [-0.05, 0) is 59.9 Å². The Kier molecular flexibility index (Phi) is 6.99. The molecule has 0 saturated heterocycles. The zero-order valence-corrected chi connectivity index (χ0v) is 22.0. The van der Waals surface area contributed by atoms with Crippen LogP contribution < -0.4 is 14.8 Å². The Balaban J connectivity index is 1.42. The van der Waals surface area contributed by atoms with Crippen LogP contribution in [0.15, 0.2) is 67.0 Å². The molecule has 3 aromatic carbocycles. The van der Waals surface area contributed by atoms with Crippen molar-refractivity contribution < 1.29 is 17.9 Å². The highest BCUT2D eigenvalue weighted by Crippen LogP contribution is 2.32. The Morgan fingerprint density at radius 2 is 1.78 bits per heavy atom. The number of nitrogens with zero attached hydrogens (tertiary/aromatic N) is 3. The van der Waals surface area contributed by atoms with Crippen molar-refractivity contribution in [2.24, 2.45) is 0 Å². The first kappa shape index (κ1) is 25.0. The van der Waals surface area contributed by atoms with Crippen molar-refractivity contribution >= 4 is 26.7 Å². The standard InChI is InChI=1S/C28H30N4O4S/c1-35-24-11-7-22(27(15-24)36-2)16-29-28-25-14-21(8-12-26(25)30-18-31-28)20-6-4-5-19(13-20)17-32(23-9-10-23)37(3,33)34/h4-8,11-15,18,23H,9-10,16-17H2,1-3H3,(H,29,30,31). The summed E-state index contributed by atoms with van der Waals surface area (Å²) < 4.78 is 37.0. The molecule has 192 valence electrons. The molecule has 1 aliphatic rings.